The van der Waals surface area contributed by atoms with Gasteiger partial charge in [0, 0.05) is 27.3 Å². The Morgan fingerprint density at radius 1 is 0.500 bits per heavy atom. The zero-order chi connectivity index (χ0) is 24.1. The summed E-state index contributed by atoms with van der Waals surface area (Å²) >= 11 is 6.36. The van der Waals surface area contributed by atoms with Gasteiger partial charge in [-0.1, -0.05) is 97.1 Å². The highest BCUT2D eigenvalue weighted by Gasteiger charge is 2.16. The number of hydrogen-bond donors (Lipinski definition) is 0. The first-order valence-electron chi connectivity index (χ1n) is 11.7. The van der Waals surface area contributed by atoms with Crippen molar-refractivity contribution in [3.8, 4) is 28.5 Å². The third kappa shape index (κ3) is 3.35. The van der Waals surface area contributed by atoms with Crippen molar-refractivity contribution in [3.63, 3.8) is 0 Å². The van der Waals surface area contributed by atoms with Crippen molar-refractivity contribution in [2.45, 2.75) is 0 Å². The van der Waals surface area contributed by atoms with Crippen molar-refractivity contribution >= 4 is 44.2 Å². The Bertz CT molecular complexity index is 1900. The molecule has 5 heteroatoms. The molecular weight excluding hydrogens is 464 g/mol. The molecule has 0 fully saturated rings. The van der Waals surface area contributed by atoms with Crippen LogP contribution in [0.25, 0.3) is 61.0 Å². The quantitative estimate of drug-likeness (QED) is 0.255. The lowest BCUT2D eigenvalue weighted by Gasteiger charge is -2.12. The highest BCUT2D eigenvalue weighted by Crippen LogP contribution is 2.36. The predicted octanol–water partition coefficient (Wildman–Crippen LogP) is 8.11. The maximum absolute atomic E-state index is 6.36. The Hall–Kier alpha value is -4.54. The highest BCUT2D eigenvalue weighted by molar-refractivity contribution is 6.28. The molecular formula is C31H19ClN4. The number of para-hydroxylation sites is 1. The van der Waals surface area contributed by atoms with Gasteiger partial charge in [0.25, 0.3) is 0 Å². The van der Waals surface area contributed by atoms with Crippen LogP contribution in [0, 0.1) is 0 Å². The van der Waals surface area contributed by atoms with Gasteiger partial charge in [0.2, 0.25) is 5.28 Å². The lowest BCUT2D eigenvalue weighted by atomic mass is 10.1. The van der Waals surface area contributed by atoms with E-state index in [2.05, 4.69) is 99.5 Å². The lowest BCUT2D eigenvalue weighted by molar-refractivity contribution is 1.07. The van der Waals surface area contributed by atoms with Gasteiger partial charge >= 0.3 is 0 Å². The molecule has 0 bridgehead atoms. The molecule has 0 saturated carbocycles. The van der Waals surface area contributed by atoms with Crippen LogP contribution in [0.4, 0.5) is 0 Å². The van der Waals surface area contributed by atoms with Crippen molar-refractivity contribution in [1.29, 1.82) is 0 Å². The lowest BCUT2D eigenvalue weighted by Crippen LogP contribution is -1.98. The fourth-order valence-electron chi connectivity index (χ4n) is 4.97. The van der Waals surface area contributed by atoms with Crippen LogP contribution in [0.5, 0.6) is 0 Å². The van der Waals surface area contributed by atoms with E-state index in [1.165, 1.54) is 21.5 Å². The Kier molecular flexibility index (Phi) is 4.79. The van der Waals surface area contributed by atoms with Crippen molar-refractivity contribution < 1.29 is 0 Å². The molecule has 0 spiro atoms. The van der Waals surface area contributed by atoms with E-state index in [-0.39, 0.29) is 5.28 Å². The molecule has 7 aromatic rings. The average Bonchev–Trinajstić information content (AvgIpc) is 3.26. The Balaban J connectivity index is 1.51. The van der Waals surface area contributed by atoms with Gasteiger partial charge in [-0.15, -0.1) is 0 Å². The molecule has 0 N–H and O–H groups in total. The summed E-state index contributed by atoms with van der Waals surface area (Å²) in [4.78, 5) is 13.6. The monoisotopic (exact) mass is 482 g/mol. The van der Waals surface area contributed by atoms with Gasteiger partial charge < -0.3 is 4.57 Å². The van der Waals surface area contributed by atoms with Crippen molar-refractivity contribution in [2.75, 3.05) is 0 Å². The van der Waals surface area contributed by atoms with Crippen LogP contribution >= 0.6 is 11.6 Å². The van der Waals surface area contributed by atoms with E-state index in [1.807, 2.05) is 30.3 Å². The minimum absolute atomic E-state index is 0.175. The topological polar surface area (TPSA) is 43.6 Å². The fraction of sp³-hybridized carbons (Fsp3) is 0. The van der Waals surface area contributed by atoms with Crippen LogP contribution in [0.15, 0.2) is 115 Å². The van der Waals surface area contributed by atoms with Crippen LogP contribution in [-0.2, 0) is 0 Å². The molecule has 0 aliphatic heterocycles. The normalized spacial score (nSPS) is 11.5. The number of aromatic nitrogens is 4. The number of rotatable bonds is 3. The standard InChI is InChI=1S/C31H19ClN4/c32-31-34-29(21-10-2-1-3-11-21)33-30(35-31)22-17-18-25-24-14-6-7-15-27(24)36(28(25)19-22)26-16-8-12-20-9-4-5-13-23(20)26/h1-19H. The molecule has 7 rings (SSSR count). The number of hydrogen-bond acceptors (Lipinski definition) is 3. The van der Waals surface area contributed by atoms with E-state index in [0.717, 1.165) is 27.8 Å². The zero-order valence-electron chi connectivity index (χ0n) is 19.1. The van der Waals surface area contributed by atoms with E-state index < -0.39 is 0 Å². The molecule has 2 aromatic heterocycles. The maximum Gasteiger partial charge on any atom is 0.226 e. The summed E-state index contributed by atoms with van der Waals surface area (Å²) in [7, 11) is 0. The van der Waals surface area contributed by atoms with Gasteiger partial charge in [0.1, 0.15) is 0 Å². The van der Waals surface area contributed by atoms with Gasteiger partial charge in [-0.3, -0.25) is 0 Å². The number of benzene rings is 5. The van der Waals surface area contributed by atoms with Gasteiger partial charge in [0.05, 0.1) is 16.7 Å². The van der Waals surface area contributed by atoms with Gasteiger partial charge in [-0.25, -0.2) is 4.98 Å². The zero-order valence-corrected chi connectivity index (χ0v) is 19.9. The minimum Gasteiger partial charge on any atom is -0.309 e. The summed E-state index contributed by atoms with van der Waals surface area (Å²) in [5, 5.41) is 4.95. The second kappa shape index (κ2) is 8.29. The molecule has 0 aliphatic carbocycles. The van der Waals surface area contributed by atoms with E-state index in [1.54, 1.807) is 0 Å². The molecule has 36 heavy (non-hydrogen) atoms. The Labute approximate surface area is 212 Å². The molecule has 4 nitrogen and oxygen atoms in total. The van der Waals surface area contributed by atoms with E-state index in [0.29, 0.717) is 11.6 Å². The second-order valence-electron chi connectivity index (χ2n) is 8.70. The van der Waals surface area contributed by atoms with Crippen LogP contribution in [0.1, 0.15) is 0 Å². The van der Waals surface area contributed by atoms with E-state index in [9.17, 15) is 0 Å². The summed E-state index contributed by atoms with van der Waals surface area (Å²) in [5.41, 5.74) is 5.15. The smallest absolute Gasteiger partial charge is 0.226 e. The average molecular weight is 483 g/mol. The van der Waals surface area contributed by atoms with Gasteiger partial charge in [-0.05, 0) is 35.2 Å². The molecule has 0 radical (unpaired) electrons. The first-order valence-corrected chi connectivity index (χ1v) is 12.1. The minimum atomic E-state index is 0.175. The summed E-state index contributed by atoms with van der Waals surface area (Å²) in [6.45, 7) is 0. The summed E-state index contributed by atoms with van der Waals surface area (Å²) in [6, 6.07) is 39.6. The molecule has 5 aromatic carbocycles. The van der Waals surface area contributed by atoms with Crippen molar-refractivity contribution in [3.05, 3.63) is 121 Å². The number of fused-ring (bicyclic) bond motifs is 4. The van der Waals surface area contributed by atoms with Gasteiger partial charge in [-0.2, -0.15) is 9.97 Å². The van der Waals surface area contributed by atoms with Crippen LogP contribution < -0.4 is 0 Å². The number of halogens is 1. The summed E-state index contributed by atoms with van der Waals surface area (Å²) < 4.78 is 2.33. The molecule has 2 heterocycles. The molecule has 0 aliphatic rings. The third-order valence-corrected chi connectivity index (χ3v) is 6.75. The first-order chi connectivity index (χ1) is 17.8. The summed E-state index contributed by atoms with van der Waals surface area (Å²) in [6.07, 6.45) is 0. The summed E-state index contributed by atoms with van der Waals surface area (Å²) in [5.74, 6) is 1.10. The fourth-order valence-corrected chi connectivity index (χ4v) is 5.13. The van der Waals surface area contributed by atoms with Crippen LogP contribution in [0.3, 0.4) is 0 Å². The molecule has 170 valence electrons. The van der Waals surface area contributed by atoms with Crippen molar-refractivity contribution in [1.82, 2.24) is 19.5 Å². The molecule has 0 unspecified atom stereocenters. The van der Waals surface area contributed by atoms with Crippen LogP contribution in [-0.4, -0.2) is 19.5 Å². The van der Waals surface area contributed by atoms with E-state index >= 15 is 0 Å². The predicted molar refractivity (Wildman–Crippen MR) is 148 cm³/mol. The maximum atomic E-state index is 6.36. The number of nitrogens with zero attached hydrogens (tertiary/aromatic N) is 4. The second-order valence-corrected chi connectivity index (χ2v) is 9.04. The molecule has 0 saturated heterocycles. The van der Waals surface area contributed by atoms with Gasteiger partial charge in [0.15, 0.2) is 11.6 Å². The molecule has 0 atom stereocenters. The molecule has 0 amide bonds. The SMILES string of the molecule is Clc1nc(-c2ccccc2)nc(-c2ccc3c4ccccc4n(-c4cccc5ccccc45)c3c2)n1. The Morgan fingerprint density at radius 3 is 2.03 bits per heavy atom. The third-order valence-electron chi connectivity index (χ3n) is 6.58. The van der Waals surface area contributed by atoms with E-state index in [4.69, 9.17) is 16.6 Å². The first kappa shape index (κ1) is 20.8. The van der Waals surface area contributed by atoms with Crippen molar-refractivity contribution in [2.24, 2.45) is 0 Å². The highest BCUT2D eigenvalue weighted by atomic mass is 35.5. The van der Waals surface area contributed by atoms with Crippen LogP contribution in [0.2, 0.25) is 5.28 Å². The Morgan fingerprint density at radius 2 is 1.17 bits per heavy atom. The largest absolute Gasteiger partial charge is 0.309 e.